The normalized spacial score (nSPS) is 11.1. The van der Waals surface area contributed by atoms with Crippen molar-refractivity contribution in [2.45, 2.75) is 4.90 Å². The Bertz CT molecular complexity index is 1370. The maximum absolute atomic E-state index is 12.6. The van der Waals surface area contributed by atoms with Crippen LogP contribution >= 0.6 is 11.3 Å². The number of nitrogens with zero attached hydrogens (tertiary/aromatic N) is 4. The lowest BCUT2D eigenvalue weighted by Gasteiger charge is -2.09. The highest BCUT2D eigenvalue weighted by Gasteiger charge is 2.19. The van der Waals surface area contributed by atoms with E-state index in [0.29, 0.717) is 5.69 Å². The number of carbonyl (C=O) groups excluding carboxylic acids is 1. The van der Waals surface area contributed by atoms with Crippen molar-refractivity contribution in [2.24, 2.45) is 0 Å². The molecule has 0 aliphatic carbocycles. The second-order valence-electron chi connectivity index (χ2n) is 6.35. The molecule has 0 aliphatic rings. The highest BCUT2D eigenvalue weighted by atomic mass is 32.2. The van der Waals surface area contributed by atoms with E-state index in [1.807, 2.05) is 0 Å². The topological polar surface area (TPSA) is 149 Å². The summed E-state index contributed by atoms with van der Waals surface area (Å²) < 4.78 is 28.6. The van der Waals surface area contributed by atoms with E-state index in [1.54, 1.807) is 11.6 Å². The first-order chi connectivity index (χ1) is 15.3. The summed E-state index contributed by atoms with van der Waals surface area (Å²) >= 11 is 1.15. The average molecular weight is 470 g/mol. The first kappa shape index (κ1) is 21.1. The van der Waals surface area contributed by atoms with Crippen LogP contribution in [0.5, 0.6) is 0 Å². The Morgan fingerprint density at radius 2 is 1.91 bits per heavy atom. The van der Waals surface area contributed by atoms with Gasteiger partial charge in [-0.3, -0.25) is 19.6 Å². The minimum Gasteiger partial charge on any atom is -0.322 e. The summed E-state index contributed by atoms with van der Waals surface area (Å²) in [5.74, 6) is -0.582. The van der Waals surface area contributed by atoms with Crippen LogP contribution < -0.4 is 10.0 Å². The zero-order valence-corrected chi connectivity index (χ0v) is 17.7. The molecule has 2 heterocycles. The van der Waals surface area contributed by atoms with Crippen molar-refractivity contribution in [1.82, 2.24) is 14.5 Å². The average Bonchev–Trinajstić information content (AvgIpc) is 3.48. The molecule has 0 aliphatic heterocycles. The number of nitro groups is 1. The Hall–Kier alpha value is -4.10. The zero-order chi connectivity index (χ0) is 22.7. The van der Waals surface area contributed by atoms with Gasteiger partial charge in [-0.1, -0.05) is 0 Å². The lowest BCUT2D eigenvalue weighted by Crippen LogP contribution is -2.14. The van der Waals surface area contributed by atoms with Gasteiger partial charge in [-0.2, -0.15) is 0 Å². The quantitative estimate of drug-likeness (QED) is 0.311. The molecule has 32 heavy (non-hydrogen) atoms. The number of hydrogen-bond donors (Lipinski definition) is 2. The number of imidazole rings is 1. The third-order valence-corrected chi connectivity index (χ3v) is 6.47. The van der Waals surface area contributed by atoms with E-state index in [-0.39, 0.29) is 27.0 Å². The van der Waals surface area contributed by atoms with E-state index in [9.17, 15) is 23.3 Å². The van der Waals surface area contributed by atoms with Crippen molar-refractivity contribution >= 4 is 43.8 Å². The second kappa shape index (κ2) is 8.56. The van der Waals surface area contributed by atoms with E-state index in [4.69, 9.17) is 0 Å². The molecule has 0 saturated heterocycles. The molecule has 11 nitrogen and oxygen atoms in total. The number of sulfonamides is 1. The Kier molecular flexibility index (Phi) is 5.66. The number of benzene rings is 2. The molecule has 0 saturated carbocycles. The molecule has 0 atom stereocenters. The van der Waals surface area contributed by atoms with Gasteiger partial charge in [-0.05, 0) is 36.4 Å². The summed E-state index contributed by atoms with van der Waals surface area (Å²) in [5, 5.41) is 15.9. The summed E-state index contributed by atoms with van der Waals surface area (Å²) in [6.45, 7) is 0. The predicted molar refractivity (Wildman–Crippen MR) is 118 cm³/mol. The van der Waals surface area contributed by atoms with E-state index in [0.717, 1.165) is 11.3 Å². The van der Waals surface area contributed by atoms with Crippen LogP contribution in [0, 0.1) is 10.1 Å². The van der Waals surface area contributed by atoms with Crippen LogP contribution in [0.2, 0.25) is 0 Å². The molecule has 0 unspecified atom stereocenters. The molecule has 2 aromatic heterocycles. The lowest BCUT2D eigenvalue weighted by molar-refractivity contribution is -0.384. The zero-order valence-electron chi connectivity index (χ0n) is 16.1. The van der Waals surface area contributed by atoms with Gasteiger partial charge >= 0.3 is 0 Å². The van der Waals surface area contributed by atoms with Crippen molar-refractivity contribution in [2.75, 3.05) is 10.0 Å². The monoisotopic (exact) mass is 470 g/mol. The van der Waals surface area contributed by atoms with Gasteiger partial charge < -0.3 is 9.88 Å². The molecular weight excluding hydrogens is 456 g/mol. The van der Waals surface area contributed by atoms with E-state index in [1.165, 1.54) is 65.8 Å². The highest BCUT2D eigenvalue weighted by molar-refractivity contribution is 7.93. The minimum absolute atomic E-state index is 0.00831. The smallest absolute Gasteiger partial charge is 0.294 e. The molecule has 0 radical (unpaired) electrons. The maximum Gasteiger partial charge on any atom is 0.294 e. The molecule has 2 N–H and O–H groups in total. The fraction of sp³-hybridized carbons (Fsp3) is 0. The van der Waals surface area contributed by atoms with Crippen LogP contribution in [-0.4, -0.2) is 33.8 Å². The van der Waals surface area contributed by atoms with Gasteiger partial charge in [0, 0.05) is 41.3 Å². The maximum atomic E-state index is 12.6. The molecule has 13 heteroatoms. The summed E-state index contributed by atoms with van der Waals surface area (Å²) in [7, 11) is -3.82. The van der Waals surface area contributed by atoms with Gasteiger partial charge in [0.15, 0.2) is 5.13 Å². The summed E-state index contributed by atoms with van der Waals surface area (Å²) in [6.07, 6.45) is 5.94. The third kappa shape index (κ3) is 4.48. The standard InChI is InChI=1S/C19H14N6O5S2/c26-18(13-1-6-16(17(11-13)25(27)28)24-9-7-20-12-24)22-14-2-4-15(5-3-14)32(29,30)23-19-21-8-10-31-19/h1-12H,(H,21,23)(H,22,26). The second-order valence-corrected chi connectivity index (χ2v) is 8.93. The molecule has 4 aromatic rings. The first-order valence-corrected chi connectivity index (χ1v) is 11.3. The number of hydrogen-bond acceptors (Lipinski definition) is 8. The molecule has 0 spiro atoms. The van der Waals surface area contributed by atoms with E-state index >= 15 is 0 Å². The molecule has 1 amide bonds. The van der Waals surface area contributed by atoms with Crippen molar-refractivity contribution in [3.63, 3.8) is 0 Å². The van der Waals surface area contributed by atoms with Gasteiger partial charge in [0.05, 0.1) is 16.1 Å². The number of anilines is 2. The van der Waals surface area contributed by atoms with Gasteiger partial charge in [0.2, 0.25) is 0 Å². The van der Waals surface area contributed by atoms with Crippen LogP contribution in [0.4, 0.5) is 16.5 Å². The van der Waals surface area contributed by atoms with E-state index in [2.05, 4.69) is 20.0 Å². The minimum atomic E-state index is -3.82. The fourth-order valence-corrected chi connectivity index (χ4v) is 4.59. The van der Waals surface area contributed by atoms with Crippen LogP contribution in [0.1, 0.15) is 10.4 Å². The third-order valence-electron chi connectivity index (χ3n) is 4.29. The SMILES string of the molecule is O=C(Nc1ccc(S(=O)(=O)Nc2nccs2)cc1)c1ccc(-n2ccnc2)c([N+](=O)[O-])c1. The molecule has 2 aromatic carbocycles. The number of aromatic nitrogens is 3. The van der Waals surface area contributed by atoms with Crippen molar-refractivity contribution in [1.29, 1.82) is 0 Å². The number of nitro benzene ring substituents is 1. The van der Waals surface area contributed by atoms with Crippen molar-refractivity contribution in [3.8, 4) is 5.69 Å². The van der Waals surface area contributed by atoms with Crippen LogP contribution in [0.3, 0.4) is 0 Å². The molecular formula is C19H14N6O5S2. The summed E-state index contributed by atoms with van der Waals surface area (Å²) in [6, 6.07) is 9.57. The van der Waals surface area contributed by atoms with Crippen molar-refractivity contribution in [3.05, 3.63) is 88.4 Å². The number of amides is 1. The number of rotatable bonds is 7. The Morgan fingerprint density at radius 1 is 1.12 bits per heavy atom. The lowest BCUT2D eigenvalue weighted by atomic mass is 10.1. The number of nitrogens with one attached hydrogen (secondary N) is 2. The van der Waals surface area contributed by atoms with Gasteiger partial charge in [-0.25, -0.2) is 18.4 Å². The highest BCUT2D eigenvalue weighted by Crippen LogP contribution is 2.25. The Morgan fingerprint density at radius 3 is 2.53 bits per heavy atom. The molecule has 0 fully saturated rings. The molecule has 0 bridgehead atoms. The van der Waals surface area contributed by atoms with Crippen LogP contribution in [0.25, 0.3) is 5.69 Å². The molecule has 162 valence electrons. The predicted octanol–water partition coefficient (Wildman–Crippen LogP) is 3.29. The number of thiazole rings is 1. The summed E-state index contributed by atoms with van der Waals surface area (Å²) in [4.78, 5) is 31.2. The van der Waals surface area contributed by atoms with Gasteiger partial charge in [0.25, 0.3) is 21.6 Å². The Balaban J connectivity index is 1.52. The largest absolute Gasteiger partial charge is 0.322 e. The first-order valence-electron chi connectivity index (χ1n) is 8.94. The number of carbonyl (C=O) groups is 1. The van der Waals surface area contributed by atoms with E-state index < -0.39 is 20.9 Å². The van der Waals surface area contributed by atoms with Crippen LogP contribution in [-0.2, 0) is 10.0 Å². The Labute approximate surface area is 185 Å². The summed E-state index contributed by atoms with van der Waals surface area (Å²) in [5.41, 5.74) is 0.406. The van der Waals surface area contributed by atoms with Crippen LogP contribution in [0.15, 0.2) is 77.7 Å². The van der Waals surface area contributed by atoms with Gasteiger partial charge in [-0.15, -0.1) is 11.3 Å². The van der Waals surface area contributed by atoms with Gasteiger partial charge in [0.1, 0.15) is 5.69 Å². The molecule has 4 rings (SSSR count). The fourth-order valence-electron chi connectivity index (χ4n) is 2.80. The van der Waals surface area contributed by atoms with Crippen molar-refractivity contribution < 1.29 is 18.1 Å².